The normalized spacial score (nSPS) is 25.7. The molecule has 0 saturated heterocycles. The maximum Gasteiger partial charge on any atom is 0.130 e. The predicted octanol–water partition coefficient (Wildman–Crippen LogP) is 1.74. The first-order chi connectivity index (χ1) is 12.7. The minimum atomic E-state index is -0.451. The van der Waals surface area contributed by atoms with Gasteiger partial charge >= 0.3 is 0 Å². The van der Waals surface area contributed by atoms with Crippen LogP contribution in [0.4, 0.5) is 0 Å². The number of aliphatic hydroxyl groups is 2. The molecule has 6 nitrogen and oxygen atoms in total. The van der Waals surface area contributed by atoms with Crippen LogP contribution in [0.1, 0.15) is 50.5 Å². The van der Waals surface area contributed by atoms with Gasteiger partial charge in [0.25, 0.3) is 0 Å². The summed E-state index contributed by atoms with van der Waals surface area (Å²) in [5.41, 5.74) is 0.974. The fourth-order valence-electron chi connectivity index (χ4n) is 3.93. The van der Waals surface area contributed by atoms with Crippen LogP contribution in [0.3, 0.4) is 0 Å². The summed E-state index contributed by atoms with van der Waals surface area (Å²) < 4.78 is 5.10. The van der Waals surface area contributed by atoms with E-state index in [1.807, 2.05) is 6.07 Å². The average molecular weight is 366 g/mol. The van der Waals surface area contributed by atoms with Crippen molar-refractivity contribution in [2.75, 3.05) is 26.9 Å². The van der Waals surface area contributed by atoms with Gasteiger partial charge in [-0.3, -0.25) is 0 Å². The van der Waals surface area contributed by atoms with E-state index < -0.39 is 6.10 Å². The molecule has 1 aliphatic rings. The van der Waals surface area contributed by atoms with Crippen molar-refractivity contribution in [2.45, 2.75) is 64.0 Å². The summed E-state index contributed by atoms with van der Waals surface area (Å²) in [5, 5.41) is 23.8. The summed E-state index contributed by atoms with van der Waals surface area (Å²) in [4.78, 5) is 8.94. The summed E-state index contributed by atoms with van der Waals surface area (Å²) in [7, 11) is 1.67. The third kappa shape index (κ3) is 6.27. The van der Waals surface area contributed by atoms with E-state index >= 15 is 0 Å². The molecule has 0 bridgehead atoms. The molecule has 0 radical (unpaired) electrons. The molecule has 1 fully saturated rings. The van der Waals surface area contributed by atoms with E-state index in [2.05, 4.69) is 22.2 Å². The molecule has 0 amide bonds. The van der Waals surface area contributed by atoms with Gasteiger partial charge in [0, 0.05) is 44.0 Å². The third-order valence-electron chi connectivity index (χ3n) is 5.44. The molecule has 1 aromatic rings. The molecular weight excluding hydrogens is 330 g/mol. The number of aromatic nitrogens is 2. The topological polar surface area (TPSA) is 87.5 Å². The van der Waals surface area contributed by atoms with Crippen molar-refractivity contribution in [3.05, 3.63) is 23.8 Å². The summed E-state index contributed by atoms with van der Waals surface area (Å²) in [5.74, 6) is 0.874. The van der Waals surface area contributed by atoms with E-state index in [0.29, 0.717) is 19.4 Å². The number of rotatable bonds is 12. The minimum Gasteiger partial charge on any atom is -0.396 e. The van der Waals surface area contributed by atoms with Gasteiger partial charge < -0.3 is 20.3 Å². The zero-order valence-electron chi connectivity index (χ0n) is 16.2. The quantitative estimate of drug-likeness (QED) is 0.489. The second-order valence-corrected chi connectivity index (χ2v) is 7.35. The fourth-order valence-corrected chi connectivity index (χ4v) is 3.93. The van der Waals surface area contributed by atoms with Crippen molar-refractivity contribution in [3.8, 4) is 0 Å². The summed E-state index contributed by atoms with van der Waals surface area (Å²) in [6.07, 6.45) is 8.38. The van der Waals surface area contributed by atoms with Crippen LogP contribution in [-0.4, -0.2) is 59.2 Å². The fraction of sp³-hybridized carbons (Fsp3) is 0.800. The molecule has 1 heterocycles. The number of nitrogens with zero attached hydrogens (tertiary/aromatic N) is 2. The van der Waals surface area contributed by atoms with Crippen LogP contribution >= 0.6 is 0 Å². The highest BCUT2D eigenvalue weighted by Gasteiger charge is 2.41. The molecule has 0 aliphatic heterocycles. The van der Waals surface area contributed by atoms with Gasteiger partial charge in [0.15, 0.2) is 0 Å². The van der Waals surface area contributed by atoms with Gasteiger partial charge in [-0.25, -0.2) is 9.97 Å². The molecule has 26 heavy (non-hydrogen) atoms. The van der Waals surface area contributed by atoms with Gasteiger partial charge in [0.1, 0.15) is 5.82 Å². The Hall–Kier alpha value is -1.08. The molecule has 4 atom stereocenters. The third-order valence-corrected chi connectivity index (χ3v) is 5.44. The number of nitrogens with one attached hydrogen (secondary N) is 1. The zero-order chi connectivity index (χ0) is 18.8. The van der Waals surface area contributed by atoms with Crippen molar-refractivity contribution in [1.29, 1.82) is 0 Å². The zero-order valence-corrected chi connectivity index (χ0v) is 16.2. The second kappa shape index (κ2) is 11.6. The lowest BCUT2D eigenvalue weighted by Gasteiger charge is -2.25. The van der Waals surface area contributed by atoms with Crippen LogP contribution in [0.15, 0.2) is 12.3 Å². The number of hydrogen-bond donors (Lipinski definition) is 3. The lowest BCUT2D eigenvalue weighted by atomic mass is 9.88. The van der Waals surface area contributed by atoms with E-state index in [9.17, 15) is 10.2 Å². The lowest BCUT2D eigenvalue weighted by molar-refractivity contribution is 0.0716. The maximum atomic E-state index is 10.4. The summed E-state index contributed by atoms with van der Waals surface area (Å²) in [6.45, 7) is 3.80. The van der Waals surface area contributed by atoms with Crippen LogP contribution in [0.25, 0.3) is 0 Å². The number of hydrogen-bond acceptors (Lipinski definition) is 6. The number of unbranched alkanes of at least 4 members (excludes halogenated alkanes) is 3. The van der Waals surface area contributed by atoms with Crippen LogP contribution in [-0.2, 0) is 17.6 Å². The molecule has 6 heteroatoms. The molecule has 148 valence electrons. The molecule has 4 unspecified atom stereocenters. The maximum absolute atomic E-state index is 10.4. The van der Waals surface area contributed by atoms with E-state index in [0.717, 1.165) is 30.9 Å². The average Bonchev–Trinajstić information content (AvgIpc) is 2.94. The number of ether oxygens (including phenoxy) is 1. The van der Waals surface area contributed by atoms with E-state index in [1.165, 1.54) is 19.3 Å². The largest absolute Gasteiger partial charge is 0.396 e. The monoisotopic (exact) mass is 365 g/mol. The standard InChI is InChI=1S/C20H35N3O3/c1-3-4-5-6-9-21-18-13-19(25)17(14-24)16(18)12-15-7-10-22-20(23-15)8-11-26-2/h7,10,16-19,21,24-25H,3-6,8-9,11-14H2,1-2H3. The van der Waals surface area contributed by atoms with Crippen molar-refractivity contribution in [2.24, 2.45) is 11.8 Å². The lowest BCUT2D eigenvalue weighted by Crippen LogP contribution is -2.37. The van der Waals surface area contributed by atoms with Gasteiger partial charge in [0.2, 0.25) is 0 Å². The number of methoxy groups -OCH3 is 1. The number of aliphatic hydroxyl groups excluding tert-OH is 2. The van der Waals surface area contributed by atoms with Gasteiger partial charge in [-0.2, -0.15) is 0 Å². The molecule has 1 saturated carbocycles. The molecule has 0 aromatic carbocycles. The molecule has 0 spiro atoms. The van der Waals surface area contributed by atoms with Crippen molar-refractivity contribution in [1.82, 2.24) is 15.3 Å². The van der Waals surface area contributed by atoms with Gasteiger partial charge in [-0.15, -0.1) is 0 Å². The van der Waals surface area contributed by atoms with Gasteiger partial charge in [0.05, 0.1) is 12.7 Å². The van der Waals surface area contributed by atoms with Crippen LogP contribution < -0.4 is 5.32 Å². The van der Waals surface area contributed by atoms with Crippen LogP contribution in [0.2, 0.25) is 0 Å². The Balaban J connectivity index is 1.97. The Kier molecular flexibility index (Phi) is 9.46. The predicted molar refractivity (Wildman–Crippen MR) is 102 cm³/mol. The Morgan fingerprint density at radius 1 is 1.27 bits per heavy atom. The van der Waals surface area contributed by atoms with Gasteiger partial charge in [-0.1, -0.05) is 26.2 Å². The van der Waals surface area contributed by atoms with Crippen molar-refractivity contribution >= 4 is 0 Å². The molecule has 2 rings (SSSR count). The Morgan fingerprint density at radius 2 is 2.12 bits per heavy atom. The van der Waals surface area contributed by atoms with Crippen molar-refractivity contribution in [3.63, 3.8) is 0 Å². The van der Waals surface area contributed by atoms with Crippen molar-refractivity contribution < 1.29 is 14.9 Å². The molecule has 1 aliphatic carbocycles. The Bertz CT molecular complexity index is 515. The molecule has 3 N–H and O–H groups in total. The van der Waals surface area contributed by atoms with Crippen LogP contribution in [0.5, 0.6) is 0 Å². The van der Waals surface area contributed by atoms with E-state index in [-0.39, 0.29) is 24.5 Å². The highest BCUT2D eigenvalue weighted by molar-refractivity contribution is 5.08. The van der Waals surface area contributed by atoms with Gasteiger partial charge in [-0.05, 0) is 37.8 Å². The first kappa shape index (κ1) is 21.2. The highest BCUT2D eigenvalue weighted by atomic mass is 16.5. The molecule has 1 aromatic heterocycles. The molecular formula is C20H35N3O3. The summed E-state index contributed by atoms with van der Waals surface area (Å²) in [6, 6.07) is 2.16. The first-order valence-corrected chi connectivity index (χ1v) is 10.0. The second-order valence-electron chi connectivity index (χ2n) is 7.35. The SMILES string of the molecule is CCCCCCNC1CC(O)C(CO)C1Cc1ccnc(CCOC)n1. The van der Waals surface area contributed by atoms with E-state index in [1.54, 1.807) is 13.3 Å². The highest BCUT2D eigenvalue weighted by Crippen LogP contribution is 2.34. The smallest absolute Gasteiger partial charge is 0.130 e. The van der Waals surface area contributed by atoms with Crippen LogP contribution in [0, 0.1) is 11.8 Å². The Labute approximate surface area is 157 Å². The van der Waals surface area contributed by atoms with E-state index in [4.69, 9.17) is 4.74 Å². The Morgan fingerprint density at radius 3 is 2.85 bits per heavy atom. The summed E-state index contributed by atoms with van der Waals surface area (Å²) >= 11 is 0. The first-order valence-electron chi connectivity index (χ1n) is 10.0. The minimum absolute atomic E-state index is 0.0153.